The van der Waals surface area contributed by atoms with Crippen LogP contribution in [-0.4, -0.2) is 20.7 Å². The van der Waals surface area contributed by atoms with Crippen molar-refractivity contribution in [3.8, 4) is 0 Å². The van der Waals surface area contributed by atoms with Crippen LogP contribution in [0.3, 0.4) is 0 Å². The molecule has 19 heavy (non-hydrogen) atoms. The standard InChI is InChI=1S/C10H12F3N3O2S/c1-2-5-3-16(9(18)15-8(5)17)4-6(7(14)19)10(11,12)13/h3,6H,2,4H2,1H3,(H2,14,19)(H,15,17,18). The highest BCUT2D eigenvalue weighted by Gasteiger charge is 2.42. The highest BCUT2D eigenvalue weighted by atomic mass is 32.1. The van der Waals surface area contributed by atoms with Crippen molar-refractivity contribution in [1.29, 1.82) is 0 Å². The third-order valence-electron chi connectivity index (χ3n) is 2.58. The van der Waals surface area contributed by atoms with Crippen LogP contribution in [0.2, 0.25) is 0 Å². The molecule has 0 saturated carbocycles. The van der Waals surface area contributed by atoms with Gasteiger partial charge in [-0.25, -0.2) is 4.79 Å². The van der Waals surface area contributed by atoms with Crippen LogP contribution >= 0.6 is 12.2 Å². The van der Waals surface area contributed by atoms with Crippen LogP contribution in [0.25, 0.3) is 0 Å². The van der Waals surface area contributed by atoms with Gasteiger partial charge in [-0.15, -0.1) is 0 Å². The van der Waals surface area contributed by atoms with E-state index in [-0.39, 0.29) is 5.56 Å². The number of aromatic nitrogens is 2. The minimum Gasteiger partial charge on any atom is -0.393 e. The van der Waals surface area contributed by atoms with Gasteiger partial charge in [-0.3, -0.25) is 14.3 Å². The number of aromatic amines is 1. The summed E-state index contributed by atoms with van der Waals surface area (Å²) in [5.41, 5.74) is 3.72. The lowest BCUT2D eigenvalue weighted by Gasteiger charge is -2.19. The van der Waals surface area contributed by atoms with E-state index in [0.717, 1.165) is 10.8 Å². The fraction of sp³-hybridized carbons (Fsp3) is 0.500. The van der Waals surface area contributed by atoms with E-state index in [9.17, 15) is 22.8 Å². The third-order valence-corrected chi connectivity index (χ3v) is 2.87. The molecule has 1 heterocycles. The molecule has 0 saturated heterocycles. The zero-order valence-corrected chi connectivity index (χ0v) is 10.8. The second-order valence-electron chi connectivity index (χ2n) is 3.92. The molecule has 0 aliphatic heterocycles. The second-order valence-corrected chi connectivity index (χ2v) is 4.39. The lowest BCUT2D eigenvalue weighted by Crippen LogP contribution is -2.41. The zero-order valence-electron chi connectivity index (χ0n) is 9.95. The Balaban J connectivity index is 3.21. The summed E-state index contributed by atoms with van der Waals surface area (Å²) in [5, 5.41) is 0. The van der Waals surface area contributed by atoms with Gasteiger partial charge in [0.15, 0.2) is 0 Å². The smallest absolute Gasteiger partial charge is 0.393 e. The largest absolute Gasteiger partial charge is 0.399 e. The predicted molar refractivity (Wildman–Crippen MR) is 67.0 cm³/mol. The van der Waals surface area contributed by atoms with Crippen LogP contribution in [0.5, 0.6) is 0 Å². The number of aryl methyl sites for hydroxylation is 1. The summed E-state index contributed by atoms with van der Waals surface area (Å²) in [6.07, 6.45) is -3.26. The first kappa shape index (κ1) is 15.4. The van der Waals surface area contributed by atoms with E-state index >= 15 is 0 Å². The molecule has 1 aromatic heterocycles. The fourth-order valence-corrected chi connectivity index (χ4v) is 1.70. The van der Waals surface area contributed by atoms with Crippen LogP contribution in [0, 0.1) is 5.92 Å². The van der Waals surface area contributed by atoms with E-state index < -0.39 is 34.9 Å². The minimum atomic E-state index is -4.65. The van der Waals surface area contributed by atoms with Crippen LogP contribution in [-0.2, 0) is 13.0 Å². The lowest BCUT2D eigenvalue weighted by molar-refractivity contribution is -0.158. The molecule has 9 heteroatoms. The van der Waals surface area contributed by atoms with Gasteiger partial charge in [0.1, 0.15) is 5.92 Å². The Hall–Kier alpha value is -1.64. The second kappa shape index (κ2) is 5.55. The number of H-pyrrole nitrogens is 1. The van der Waals surface area contributed by atoms with Crippen molar-refractivity contribution < 1.29 is 13.2 Å². The molecule has 0 bridgehead atoms. The number of halogens is 3. The molecule has 0 aromatic carbocycles. The maximum absolute atomic E-state index is 12.7. The number of nitrogens with zero attached hydrogens (tertiary/aromatic N) is 1. The Kier molecular flexibility index (Phi) is 4.51. The van der Waals surface area contributed by atoms with Crippen molar-refractivity contribution in [3.05, 3.63) is 32.6 Å². The number of nitrogens with two attached hydrogens (primary N) is 1. The first-order valence-electron chi connectivity index (χ1n) is 5.35. The van der Waals surface area contributed by atoms with Crippen LogP contribution < -0.4 is 17.0 Å². The van der Waals surface area contributed by atoms with E-state index in [4.69, 9.17) is 5.73 Å². The average Bonchev–Trinajstić information content (AvgIpc) is 2.25. The Morgan fingerprint density at radius 1 is 1.53 bits per heavy atom. The van der Waals surface area contributed by atoms with E-state index in [0.29, 0.717) is 6.42 Å². The van der Waals surface area contributed by atoms with Crippen LogP contribution in [0.4, 0.5) is 13.2 Å². The minimum absolute atomic E-state index is 0.212. The molecular weight excluding hydrogens is 283 g/mol. The first-order chi connectivity index (χ1) is 8.66. The summed E-state index contributed by atoms with van der Waals surface area (Å²) in [6, 6.07) is 0. The highest BCUT2D eigenvalue weighted by molar-refractivity contribution is 7.80. The summed E-state index contributed by atoms with van der Waals surface area (Å²) < 4.78 is 38.8. The summed E-state index contributed by atoms with van der Waals surface area (Å²) in [6.45, 7) is 0.898. The molecule has 0 radical (unpaired) electrons. The molecule has 1 unspecified atom stereocenters. The monoisotopic (exact) mass is 295 g/mol. The molecular formula is C10H12F3N3O2S. The molecule has 0 aliphatic carbocycles. The molecule has 5 nitrogen and oxygen atoms in total. The Labute approximate surface area is 111 Å². The van der Waals surface area contributed by atoms with Crippen molar-refractivity contribution >= 4 is 17.2 Å². The van der Waals surface area contributed by atoms with Crippen LogP contribution in [0.15, 0.2) is 15.8 Å². The molecule has 0 aliphatic rings. The van der Waals surface area contributed by atoms with Gasteiger partial charge >= 0.3 is 11.9 Å². The van der Waals surface area contributed by atoms with Gasteiger partial charge in [0.25, 0.3) is 5.56 Å². The molecule has 0 fully saturated rings. The molecule has 0 amide bonds. The van der Waals surface area contributed by atoms with E-state index in [1.807, 2.05) is 4.98 Å². The topological polar surface area (TPSA) is 80.9 Å². The predicted octanol–water partition coefficient (Wildman–Crippen LogP) is 0.564. The van der Waals surface area contributed by atoms with E-state index in [1.54, 1.807) is 6.92 Å². The number of nitrogens with one attached hydrogen (secondary N) is 1. The zero-order chi connectivity index (χ0) is 14.8. The molecule has 106 valence electrons. The van der Waals surface area contributed by atoms with Gasteiger partial charge < -0.3 is 5.73 Å². The Morgan fingerprint density at radius 2 is 2.11 bits per heavy atom. The molecule has 1 aromatic rings. The number of hydrogen-bond donors (Lipinski definition) is 2. The van der Waals surface area contributed by atoms with Crippen molar-refractivity contribution in [3.63, 3.8) is 0 Å². The van der Waals surface area contributed by atoms with Crippen molar-refractivity contribution in [2.75, 3.05) is 0 Å². The van der Waals surface area contributed by atoms with Gasteiger partial charge in [0.2, 0.25) is 0 Å². The van der Waals surface area contributed by atoms with E-state index in [1.165, 1.54) is 0 Å². The summed E-state index contributed by atoms with van der Waals surface area (Å²) >= 11 is 4.36. The van der Waals surface area contributed by atoms with Crippen molar-refractivity contribution in [2.24, 2.45) is 11.7 Å². The molecule has 1 rings (SSSR count). The summed E-state index contributed by atoms with van der Waals surface area (Å²) in [5.74, 6) is -2.11. The summed E-state index contributed by atoms with van der Waals surface area (Å²) in [4.78, 5) is 24.0. The number of alkyl halides is 3. The highest BCUT2D eigenvalue weighted by Crippen LogP contribution is 2.27. The SMILES string of the molecule is CCc1cn(CC(C(N)=S)C(F)(F)F)c(=O)[nH]c1=O. The third kappa shape index (κ3) is 3.66. The van der Waals surface area contributed by atoms with Gasteiger partial charge in [0.05, 0.1) is 4.99 Å². The molecule has 0 spiro atoms. The Morgan fingerprint density at radius 3 is 2.53 bits per heavy atom. The van der Waals surface area contributed by atoms with Crippen LogP contribution in [0.1, 0.15) is 12.5 Å². The maximum Gasteiger partial charge on any atom is 0.399 e. The van der Waals surface area contributed by atoms with E-state index in [2.05, 4.69) is 12.2 Å². The van der Waals surface area contributed by atoms with Gasteiger partial charge in [0, 0.05) is 18.3 Å². The molecule has 3 N–H and O–H groups in total. The molecule has 1 atom stereocenters. The normalized spacial score (nSPS) is 13.3. The average molecular weight is 295 g/mol. The maximum atomic E-state index is 12.7. The van der Waals surface area contributed by atoms with Gasteiger partial charge in [-0.05, 0) is 6.42 Å². The number of rotatable bonds is 4. The Bertz CT molecular complexity index is 591. The fourth-order valence-electron chi connectivity index (χ4n) is 1.49. The quantitative estimate of drug-likeness (QED) is 0.796. The number of thiocarbonyl (C=S) groups is 1. The van der Waals surface area contributed by atoms with Crippen molar-refractivity contribution in [2.45, 2.75) is 26.1 Å². The first-order valence-corrected chi connectivity index (χ1v) is 5.76. The van der Waals surface area contributed by atoms with Gasteiger partial charge in [-0.2, -0.15) is 13.2 Å². The number of hydrogen-bond acceptors (Lipinski definition) is 3. The van der Waals surface area contributed by atoms with Gasteiger partial charge in [-0.1, -0.05) is 19.1 Å². The van der Waals surface area contributed by atoms with Crippen molar-refractivity contribution in [1.82, 2.24) is 9.55 Å². The summed E-state index contributed by atoms with van der Waals surface area (Å²) in [7, 11) is 0. The lowest BCUT2D eigenvalue weighted by atomic mass is 10.1.